The number of benzene rings is 2. The molecule has 0 aromatic heterocycles. The SMILES string of the molecule is CCc1cccc(NC(N)=NCCc2ccc3c(c2)OCO3)c1. The maximum absolute atomic E-state index is 5.95. The van der Waals surface area contributed by atoms with E-state index in [4.69, 9.17) is 15.2 Å². The Hall–Kier alpha value is -2.69. The van der Waals surface area contributed by atoms with Gasteiger partial charge in [0, 0.05) is 12.2 Å². The van der Waals surface area contributed by atoms with Gasteiger partial charge in [-0.05, 0) is 48.2 Å². The highest BCUT2D eigenvalue weighted by Gasteiger charge is 2.12. The molecule has 0 fully saturated rings. The van der Waals surface area contributed by atoms with Gasteiger partial charge in [0.15, 0.2) is 17.5 Å². The minimum atomic E-state index is 0.296. The summed E-state index contributed by atoms with van der Waals surface area (Å²) in [5.74, 6) is 2.03. The van der Waals surface area contributed by atoms with E-state index in [0.717, 1.165) is 35.6 Å². The Kier molecular flexibility index (Phi) is 4.66. The maximum atomic E-state index is 5.95. The van der Waals surface area contributed by atoms with Crippen molar-refractivity contribution in [2.45, 2.75) is 19.8 Å². The van der Waals surface area contributed by atoms with Crippen LogP contribution >= 0.6 is 0 Å². The van der Waals surface area contributed by atoms with Gasteiger partial charge in [-0.1, -0.05) is 25.1 Å². The van der Waals surface area contributed by atoms with Crippen molar-refractivity contribution in [3.8, 4) is 11.5 Å². The first-order valence-corrected chi connectivity index (χ1v) is 7.79. The van der Waals surface area contributed by atoms with E-state index in [1.807, 2.05) is 30.3 Å². The lowest BCUT2D eigenvalue weighted by Crippen LogP contribution is -2.23. The zero-order valence-electron chi connectivity index (χ0n) is 13.2. The molecule has 1 aliphatic heterocycles. The summed E-state index contributed by atoms with van der Waals surface area (Å²) >= 11 is 0. The summed E-state index contributed by atoms with van der Waals surface area (Å²) in [6, 6.07) is 14.1. The zero-order valence-corrected chi connectivity index (χ0v) is 13.2. The molecule has 1 aliphatic rings. The van der Waals surface area contributed by atoms with E-state index in [2.05, 4.69) is 29.4 Å². The highest BCUT2D eigenvalue weighted by Crippen LogP contribution is 2.32. The molecule has 0 saturated heterocycles. The minimum absolute atomic E-state index is 0.296. The van der Waals surface area contributed by atoms with E-state index in [1.54, 1.807) is 0 Å². The number of aliphatic imine (C=N–C) groups is 1. The van der Waals surface area contributed by atoms with Crippen molar-refractivity contribution < 1.29 is 9.47 Å². The number of anilines is 1. The number of fused-ring (bicyclic) bond motifs is 1. The standard InChI is InChI=1S/C18H21N3O2/c1-2-13-4-3-5-15(10-13)21-18(19)20-9-8-14-6-7-16-17(11-14)23-12-22-16/h3-7,10-11H,2,8-9,12H2,1H3,(H3,19,20,21). The predicted molar refractivity (Wildman–Crippen MR) is 92.2 cm³/mol. The molecule has 3 rings (SSSR count). The Morgan fingerprint density at radius 1 is 1.13 bits per heavy atom. The van der Waals surface area contributed by atoms with Crippen LogP contribution in [-0.4, -0.2) is 19.3 Å². The van der Waals surface area contributed by atoms with Crippen molar-refractivity contribution in [1.29, 1.82) is 0 Å². The average molecular weight is 311 g/mol. The molecule has 2 aromatic rings. The molecule has 0 aliphatic carbocycles. The van der Waals surface area contributed by atoms with Crippen molar-refractivity contribution in [1.82, 2.24) is 0 Å². The summed E-state index contributed by atoms with van der Waals surface area (Å²) in [6.45, 7) is 3.04. The van der Waals surface area contributed by atoms with Gasteiger partial charge in [0.2, 0.25) is 6.79 Å². The van der Waals surface area contributed by atoms with Crippen LogP contribution in [0.3, 0.4) is 0 Å². The highest BCUT2D eigenvalue weighted by molar-refractivity contribution is 5.92. The molecule has 23 heavy (non-hydrogen) atoms. The van der Waals surface area contributed by atoms with E-state index in [0.29, 0.717) is 19.3 Å². The summed E-state index contributed by atoms with van der Waals surface area (Å²) in [5.41, 5.74) is 9.33. The number of hydrogen-bond donors (Lipinski definition) is 2. The summed E-state index contributed by atoms with van der Waals surface area (Å²) in [4.78, 5) is 4.38. The van der Waals surface area contributed by atoms with Gasteiger partial charge in [-0.15, -0.1) is 0 Å². The molecule has 120 valence electrons. The molecule has 5 nitrogen and oxygen atoms in total. The van der Waals surface area contributed by atoms with Crippen LogP contribution in [0.4, 0.5) is 5.69 Å². The number of nitrogens with one attached hydrogen (secondary N) is 1. The molecule has 0 atom stereocenters. The molecular formula is C18H21N3O2. The molecule has 3 N–H and O–H groups in total. The maximum Gasteiger partial charge on any atom is 0.231 e. The Morgan fingerprint density at radius 3 is 2.87 bits per heavy atom. The number of hydrogen-bond acceptors (Lipinski definition) is 3. The Balaban J connectivity index is 1.55. The second kappa shape index (κ2) is 7.05. The van der Waals surface area contributed by atoms with Crippen LogP contribution in [0.5, 0.6) is 11.5 Å². The van der Waals surface area contributed by atoms with Gasteiger partial charge < -0.3 is 20.5 Å². The molecule has 1 heterocycles. The first-order chi connectivity index (χ1) is 11.2. The lowest BCUT2D eigenvalue weighted by atomic mass is 10.1. The van der Waals surface area contributed by atoms with E-state index in [-0.39, 0.29) is 0 Å². The van der Waals surface area contributed by atoms with Crippen molar-refractivity contribution in [3.63, 3.8) is 0 Å². The van der Waals surface area contributed by atoms with E-state index < -0.39 is 0 Å². The molecule has 0 amide bonds. The third-order valence-corrected chi connectivity index (χ3v) is 3.73. The monoisotopic (exact) mass is 311 g/mol. The summed E-state index contributed by atoms with van der Waals surface area (Å²) in [5, 5.41) is 3.13. The van der Waals surface area contributed by atoms with Crippen LogP contribution in [-0.2, 0) is 12.8 Å². The molecular weight excluding hydrogens is 290 g/mol. The predicted octanol–water partition coefficient (Wildman–Crippen LogP) is 2.95. The van der Waals surface area contributed by atoms with E-state index in [1.165, 1.54) is 5.56 Å². The molecule has 0 saturated carbocycles. The van der Waals surface area contributed by atoms with Gasteiger partial charge in [-0.2, -0.15) is 0 Å². The summed E-state index contributed by atoms with van der Waals surface area (Å²) < 4.78 is 10.7. The van der Waals surface area contributed by atoms with Crippen LogP contribution < -0.4 is 20.5 Å². The molecule has 2 aromatic carbocycles. The van der Waals surface area contributed by atoms with Crippen LogP contribution in [0.1, 0.15) is 18.1 Å². The Morgan fingerprint density at radius 2 is 2.00 bits per heavy atom. The normalized spacial score (nSPS) is 13.2. The number of ether oxygens (including phenoxy) is 2. The van der Waals surface area contributed by atoms with Crippen LogP contribution in [0.2, 0.25) is 0 Å². The van der Waals surface area contributed by atoms with Crippen LogP contribution in [0.25, 0.3) is 0 Å². The molecule has 0 unspecified atom stereocenters. The average Bonchev–Trinajstić information content (AvgIpc) is 3.02. The highest BCUT2D eigenvalue weighted by atomic mass is 16.7. The van der Waals surface area contributed by atoms with Crippen molar-refractivity contribution in [2.75, 3.05) is 18.7 Å². The van der Waals surface area contributed by atoms with Crippen LogP contribution in [0.15, 0.2) is 47.5 Å². The lowest BCUT2D eigenvalue weighted by molar-refractivity contribution is 0.174. The second-order valence-electron chi connectivity index (χ2n) is 5.38. The van der Waals surface area contributed by atoms with Gasteiger partial charge in [0.25, 0.3) is 0 Å². The largest absolute Gasteiger partial charge is 0.454 e. The topological polar surface area (TPSA) is 68.9 Å². The molecule has 0 bridgehead atoms. The Bertz CT molecular complexity index is 713. The number of rotatable bonds is 5. The van der Waals surface area contributed by atoms with Gasteiger partial charge in [0.1, 0.15) is 0 Å². The van der Waals surface area contributed by atoms with Crippen molar-refractivity contribution in [2.24, 2.45) is 10.7 Å². The molecule has 5 heteroatoms. The minimum Gasteiger partial charge on any atom is -0.454 e. The zero-order chi connectivity index (χ0) is 16.1. The fourth-order valence-electron chi connectivity index (χ4n) is 2.46. The van der Waals surface area contributed by atoms with Crippen molar-refractivity contribution in [3.05, 3.63) is 53.6 Å². The number of guanidine groups is 1. The summed E-state index contributed by atoms with van der Waals surface area (Å²) in [6.07, 6.45) is 1.80. The number of nitrogens with two attached hydrogens (primary N) is 1. The molecule has 0 spiro atoms. The smallest absolute Gasteiger partial charge is 0.231 e. The van der Waals surface area contributed by atoms with E-state index in [9.17, 15) is 0 Å². The fraction of sp³-hybridized carbons (Fsp3) is 0.278. The van der Waals surface area contributed by atoms with E-state index >= 15 is 0 Å². The first-order valence-electron chi connectivity index (χ1n) is 7.79. The third-order valence-electron chi connectivity index (χ3n) is 3.73. The Labute approximate surface area is 136 Å². The van der Waals surface area contributed by atoms with Gasteiger partial charge in [-0.25, -0.2) is 0 Å². The van der Waals surface area contributed by atoms with Crippen molar-refractivity contribution >= 4 is 11.6 Å². The number of nitrogens with zero attached hydrogens (tertiary/aromatic N) is 1. The third kappa shape index (κ3) is 3.94. The fourth-order valence-corrected chi connectivity index (χ4v) is 2.46. The van der Waals surface area contributed by atoms with Gasteiger partial charge in [0.05, 0.1) is 0 Å². The van der Waals surface area contributed by atoms with Crippen LogP contribution in [0, 0.1) is 0 Å². The lowest BCUT2D eigenvalue weighted by Gasteiger charge is -2.07. The van der Waals surface area contributed by atoms with Gasteiger partial charge in [-0.3, -0.25) is 4.99 Å². The number of aryl methyl sites for hydroxylation is 1. The summed E-state index contributed by atoms with van der Waals surface area (Å²) in [7, 11) is 0. The molecule has 0 radical (unpaired) electrons. The first kappa shape index (κ1) is 15.2. The quantitative estimate of drug-likeness (QED) is 0.658. The second-order valence-corrected chi connectivity index (χ2v) is 5.38. The van der Waals surface area contributed by atoms with Gasteiger partial charge >= 0.3 is 0 Å².